The van der Waals surface area contributed by atoms with Crippen LogP contribution in [0.3, 0.4) is 0 Å². The summed E-state index contributed by atoms with van der Waals surface area (Å²) < 4.78 is 114. The number of hydrogen-bond acceptors (Lipinski definition) is 50. The van der Waals surface area contributed by atoms with Crippen molar-refractivity contribution in [3.8, 4) is 0 Å². The predicted octanol–water partition coefficient (Wildman–Crippen LogP) is -21.2. The van der Waals surface area contributed by atoms with Crippen molar-refractivity contribution in [1.82, 2.24) is 21.3 Å². The lowest BCUT2D eigenvalue weighted by atomic mass is 9.93. The number of aliphatic hydroxyl groups excluding tert-OH is 27. The van der Waals surface area contributed by atoms with E-state index in [1.54, 1.807) is 0 Å². The van der Waals surface area contributed by atoms with Gasteiger partial charge in [0, 0.05) is 27.7 Å². The Morgan fingerprint density at radius 3 is 0.959 bits per heavy atom. The Hall–Kier alpha value is -3.96. The first-order chi connectivity index (χ1) is 57.7. The minimum Gasteiger partial charge on any atom is -0.394 e. The molecule has 31 N–H and O–H groups in total. The van der Waals surface area contributed by atoms with Crippen LogP contribution in [0.15, 0.2) is 0 Å². The van der Waals surface area contributed by atoms with Gasteiger partial charge in [0.15, 0.2) is 62.9 Å². The molecular weight excluding hydrogens is 1670 g/mol. The predicted molar refractivity (Wildman–Crippen MR) is 375 cm³/mol. The highest BCUT2D eigenvalue weighted by Gasteiger charge is 2.62. The van der Waals surface area contributed by atoms with E-state index in [1.165, 1.54) is 6.92 Å². The SMILES string of the molecule is CC(=O)N[C@@H]1[C@@H](O)[C@H](O[C@@H]2O[C@H](CO)[C@@H](O[C@@H]3O[C@H](CO[C@H]4O[C@H](CO)[C@@H](O)[C@H](O[C@H]5O[C@H](CO)[C@@H](O)[C@H](O)[C@@H]5O)[C@@H]4O)[C@@H](O[C@@H]4O[C@H](CO)[C@@H](O)[C@H](O)[C@H]4NC(C)=O)[C@H](O[C@H]4O[C@H](CO)[C@@H](O)[C@H](O)[C@@H]4O[C@@H]4O[C@H](CO)[C@@H](O[C@@H]5O[C@H](CO)[C@H](O)[C@H](O)[C@H]5O)[C@H](O)[C@H]4NC(C)=O)[C@@H]3O)[C@H](O)[C@H]2NC(C)=O)[C@@H](CO[C@@H]2O[C@@H](C)[C@@H](O)[C@@H](O)[C@@H]2O)O[C@H]1O. The van der Waals surface area contributed by atoms with Gasteiger partial charge in [-0.05, 0) is 6.92 Å². The van der Waals surface area contributed by atoms with Crippen LogP contribution in [0.4, 0.5) is 0 Å². The van der Waals surface area contributed by atoms with Crippen molar-refractivity contribution in [2.24, 2.45) is 0 Å². The Bertz CT molecular complexity index is 3290. The number of hydrogen-bond donors (Lipinski definition) is 31. The van der Waals surface area contributed by atoms with E-state index >= 15 is 0 Å². The molecule has 0 radical (unpaired) electrons. The summed E-state index contributed by atoms with van der Waals surface area (Å²) in [7, 11) is 0. The van der Waals surface area contributed by atoms with Crippen molar-refractivity contribution in [1.29, 1.82) is 0 Å². The van der Waals surface area contributed by atoms with Gasteiger partial charge in [0.25, 0.3) is 0 Å². The second-order valence-corrected chi connectivity index (χ2v) is 31.0. The van der Waals surface area contributed by atoms with E-state index in [2.05, 4.69) is 21.3 Å². The molecule has 0 aromatic heterocycles. The molecule has 0 spiro atoms. The molecule has 10 heterocycles. The van der Waals surface area contributed by atoms with Crippen LogP contribution in [0.5, 0.6) is 0 Å². The van der Waals surface area contributed by atoms with Crippen LogP contribution in [0, 0.1) is 0 Å². The second-order valence-electron chi connectivity index (χ2n) is 31.0. The van der Waals surface area contributed by atoms with Crippen molar-refractivity contribution in [3.63, 3.8) is 0 Å². The van der Waals surface area contributed by atoms with Crippen molar-refractivity contribution in [2.45, 2.75) is 341 Å². The molecule has 10 rings (SSSR count). The van der Waals surface area contributed by atoms with Crippen molar-refractivity contribution < 1.29 is 247 Å². The molecule has 0 aliphatic carbocycles. The number of aliphatic hydroxyl groups is 27. The zero-order chi connectivity index (χ0) is 89.8. The van der Waals surface area contributed by atoms with E-state index < -0.39 is 390 Å². The number of carbonyl (C=O) groups is 4. The van der Waals surface area contributed by atoms with Crippen LogP contribution in [-0.4, -0.2) is 528 Å². The minimum absolute atomic E-state index is 0.860. The Morgan fingerprint density at radius 1 is 0.230 bits per heavy atom. The summed E-state index contributed by atoms with van der Waals surface area (Å²) in [5.41, 5.74) is 0. The topological polar surface area (TPSA) is 838 Å². The van der Waals surface area contributed by atoms with Crippen LogP contribution < -0.4 is 21.3 Å². The highest BCUT2D eigenvalue weighted by Crippen LogP contribution is 2.41. The van der Waals surface area contributed by atoms with Crippen molar-refractivity contribution in [2.75, 3.05) is 59.5 Å². The normalized spacial score (nSPS) is 49.7. The molecule has 0 unspecified atom stereocenters. The standard InChI is InChI=1S/C68H114N4O50/c1-15-33(84)43(94)47(98)63(106-15)104-13-27-54(40(91)29(59(103)107-27)69-16(2)80)116-61-31(71-18(4)82)41(92)53(26(12-79)113-61)118-67-51(102)57(121-68-58(46(97)37(88)23(9-76)112-68)122-62-32(72-19(5)83)42(93)52(25(11-78)114-62)117-65-48(99)44(95)35(86)21(7-74)110-65)55(119-60-30(70-17(3)81)39(90)34(85)20(6-73)108-60)28(115-67)14-105-64-50(101)56(38(89)24(10-77)109-64)120-66-49(100)45(96)36(87)22(8-75)111-66/h15,20-68,73-79,84-103H,6-14H2,1-5H3,(H,69,80)(H,70,81)(H,71,82)(H,72,83)/t15-,20+,21+,22+,23+,24+,25+,26+,27+,28+,29+,30+,31+,32+,33+,34+,35-,36+,37+,38+,39+,40+,41+,42+,43+,44-,45-,46-,47-,48+,49-,50-,51-,52+,53+,54+,55+,56-,57+,58-,59+,60-,61-,62-,63+,64-,65-,66+,67-,68+/m0/s1. The molecule has 0 aromatic carbocycles. The summed E-state index contributed by atoms with van der Waals surface area (Å²) in [6, 6.07) is -7.90. The van der Waals surface area contributed by atoms with Gasteiger partial charge in [0.05, 0.1) is 65.6 Å². The summed E-state index contributed by atoms with van der Waals surface area (Å²) in [5, 5.41) is 312. The zero-order valence-corrected chi connectivity index (χ0v) is 65.7. The lowest BCUT2D eigenvalue weighted by molar-refractivity contribution is -0.408. The molecule has 10 saturated heterocycles. The van der Waals surface area contributed by atoms with Crippen molar-refractivity contribution in [3.05, 3.63) is 0 Å². The second kappa shape index (κ2) is 43.6. The number of ether oxygens (including phenoxy) is 19. The van der Waals surface area contributed by atoms with E-state index in [4.69, 9.17) is 90.0 Å². The first-order valence-corrected chi connectivity index (χ1v) is 39.0. The van der Waals surface area contributed by atoms with Gasteiger partial charge in [-0.15, -0.1) is 0 Å². The summed E-state index contributed by atoms with van der Waals surface area (Å²) >= 11 is 0. The Kier molecular flexibility index (Phi) is 35.8. The van der Waals surface area contributed by atoms with E-state index in [-0.39, 0.29) is 0 Å². The number of amides is 4. The lowest BCUT2D eigenvalue weighted by Gasteiger charge is -2.52. The van der Waals surface area contributed by atoms with Gasteiger partial charge in [-0.3, -0.25) is 19.2 Å². The average molecular weight is 1790 g/mol. The maximum Gasteiger partial charge on any atom is 0.217 e. The van der Waals surface area contributed by atoms with Crippen LogP contribution >= 0.6 is 0 Å². The Balaban J connectivity index is 1.06. The fourth-order valence-electron chi connectivity index (χ4n) is 15.8. The third kappa shape index (κ3) is 22.0. The molecule has 10 aliphatic rings. The lowest BCUT2D eigenvalue weighted by Crippen LogP contribution is -2.71. The van der Waals surface area contributed by atoms with Gasteiger partial charge >= 0.3 is 0 Å². The first-order valence-electron chi connectivity index (χ1n) is 39.0. The van der Waals surface area contributed by atoms with Crippen molar-refractivity contribution >= 4 is 23.6 Å². The zero-order valence-electron chi connectivity index (χ0n) is 65.7. The van der Waals surface area contributed by atoms with Gasteiger partial charge in [-0.25, -0.2) is 0 Å². The van der Waals surface area contributed by atoms with Crippen LogP contribution in [0.25, 0.3) is 0 Å². The van der Waals surface area contributed by atoms with Crippen LogP contribution in [-0.2, 0) is 109 Å². The molecule has 122 heavy (non-hydrogen) atoms. The number of rotatable bonds is 31. The van der Waals surface area contributed by atoms with Gasteiger partial charge in [0.1, 0.15) is 238 Å². The highest BCUT2D eigenvalue weighted by atomic mass is 16.8. The molecule has 10 fully saturated rings. The molecule has 4 amide bonds. The molecule has 10 aliphatic heterocycles. The van der Waals surface area contributed by atoms with Gasteiger partial charge in [-0.2, -0.15) is 0 Å². The first kappa shape index (κ1) is 100. The molecule has 54 heteroatoms. The third-order valence-corrected chi connectivity index (χ3v) is 22.4. The monoisotopic (exact) mass is 1790 g/mol. The summed E-state index contributed by atoms with van der Waals surface area (Å²) in [6.07, 6.45) is -97.8. The Labute approximate surface area is 691 Å². The molecule has 50 atom stereocenters. The summed E-state index contributed by atoms with van der Waals surface area (Å²) in [5.74, 6) is -3.87. The quantitative estimate of drug-likeness (QED) is 0.0306. The summed E-state index contributed by atoms with van der Waals surface area (Å²) in [6.45, 7) is -5.27. The maximum absolute atomic E-state index is 13.4. The van der Waals surface area contributed by atoms with Crippen LogP contribution in [0.2, 0.25) is 0 Å². The minimum atomic E-state index is -2.75. The Morgan fingerprint density at radius 2 is 0.508 bits per heavy atom. The largest absolute Gasteiger partial charge is 0.394 e. The molecule has 54 nitrogen and oxygen atoms in total. The van der Waals surface area contributed by atoms with E-state index in [9.17, 15) is 157 Å². The van der Waals surface area contributed by atoms with E-state index in [0.29, 0.717) is 0 Å². The van der Waals surface area contributed by atoms with E-state index in [1.807, 2.05) is 0 Å². The van der Waals surface area contributed by atoms with Gasteiger partial charge in [0.2, 0.25) is 23.6 Å². The van der Waals surface area contributed by atoms with Crippen LogP contribution in [0.1, 0.15) is 34.6 Å². The fraction of sp³-hybridized carbons (Fsp3) is 0.941. The summed E-state index contributed by atoms with van der Waals surface area (Å²) in [4.78, 5) is 52.1. The number of carbonyl (C=O) groups excluding carboxylic acids is 4. The van der Waals surface area contributed by atoms with Gasteiger partial charge in [-0.1, -0.05) is 0 Å². The number of nitrogens with one attached hydrogen (secondary N) is 4. The maximum atomic E-state index is 13.4. The fourth-order valence-corrected chi connectivity index (χ4v) is 15.8. The molecule has 706 valence electrons. The van der Waals surface area contributed by atoms with E-state index in [0.717, 1.165) is 27.7 Å². The van der Waals surface area contributed by atoms with Gasteiger partial charge < -0.3 is 249 Å². The molecule has 0 saturated carbocycles. The third-order valence-electron chi connectivity index (χ3n) is 22.4. The molecule has 0 aromatic rings. The highest BCUT2D eigenvalue weighted by molar-refractivity contribution is 5.74. The molecular formula is C68H114N4O50. The molecule has 0 bridgehead atoms. The smallest absolute Gasteiger partial charge is 0.217 e. The average Bonchev–Trinajstić information content (AvgIpc) is 0.756.